The van der Waals surface area contributed by atoms with E-state index in [9.17, 15) is 0 Å². The van der Waals surface area contributed by atoms with Crippen molar-refractivity contribution in [3.05, 3.63) is 198 Å². The van der Waals surface area contributed by atoms with Crippen molar-refractivity contribution in [2.24, 2.45) is 0 Å². The third kappa shape index (κ3) is 5.33. The molecule has 1 aliphatic rings. The summed E-state index contributed by atoms with van der Waals surface area (Å²) in [6, 6.07) is 62.3. The van der Waals surface area contributed by atoms with Gasteiger partial charge in [-0.3, -0.25) is 0 Å². The predicted molar refractivity (Wildman–Crippen MR) is 237 cm³/mol. The van der Waals surface area contributed by atoms with Crippen LogP contribution < -0.4 is 0 Å². The van der Waals surface area contributed by atoms with Crippen molar-refractivity contribution in [1.82, 2.24) is 15.4 Å². The molecule has 0 aliphatic heterocycles. The van der Waals surface area contributed by atoms with Gasteiger partial charge in [-0.15, -0.1) is 10.2 Å². The first kappa shape index (κ1) is 33.9. The van der Waals surface area contributed by atoms with E-state index < -0.39 is 0 Å². The summed E-state index contributed by atoms with van der Waals surface area (Å²) >= 11 is 0. The standard InChI is InChI=1S/C54H37N3O/c1-33-31-44-39-24-13-12-23-38(39)32-45(44)48(34(33)2)52-53(37-21-10-5-11-22-37)55-57-56-54(52)43-27-16-26-40(35-17-6-3-7-18-35)49(43)51-41(36-19-8-4-9-20-36)29-30-47-50(51)42-25-14-15-28-46(42)58-47/h3-31H,32H2,1-2H3. The number of benzene rings is 8. The van der Waals surface area contributed by atoms with E-state index in [4.69, 9.17) is 14.6 Å². The van der Waals surface area contributed by atoms with Crippen LogP contribution in [0.2, 0.25) is 0 Å². The molecule has 0 atom stereocenters. The Kier molecular flexibility index (Phi) is 7.97. The molecule has 0 saturated carbocycles. The molecule has 274 valence electrons. The lowest BCUT2D eigenvalue weighted by atomic mass is 9.80. The lowest BCUT2D eigenvalue weighted by Crippen LogP contribution is -2.05. The zero-order valence-electron chi connectivity index (χ0n) is 32.2. The summed E-state index contributed by atoms with van der Waals surface area (Å²) in [6.45, 7) is 4.47. The molecule has 0 unspecified atom stereocenters. The molecule has 2 heterocycles. The van der Waals surface area contributed by atoms with Gasteiger partial charge < -0.3 is 4.42 Å². The smallest absolute Gasteiger partial charge is 0.136 e. The molecule has 4 nitrogen and oxygen atoms in total. The van der Waals surface area contributed by atoms with Gasteiger partial charge in [-0.05, 0) is 98.8 Å². The highest BCUT2D eigenvalue weighted by Crippen LogP contribution is 2.53. The number of fused-ring (bicyclic) bond motifs is 6. The van der Waals surface area contributed by atoms with Gasteiger partial charge in [0.05, 0.1) is 0 Å². The molecule has 10 aromatic rings. The second kappa shape index (κ2) is 13.6. The molecule has 4 heteroatoms. The molecule has 2 aromatic heterocycles. The number of furan rings is 1. The van der Waals surface area contributed by atoms with Crippen molar-refractivity contribution in [3.8, 4) is 78.1 Å². The fourth-order valence-corrected chi connectivity index (χ4v) is 9.22. The summed E-state index contributed by atoms with van der Waals surface area (Å²) in [4.78, 5) is 0. The summed E-state index contributed by atoms with van der Waals surface area (Å²) < 4.78 is 6.64. The van der Waals surface area contributed by atoms with Crippen LogP contribution in [0.5, 0.6) is 0 Å². The minimum absolute atomic E-state index is 0.789. The molecular formula is C54H37N3O. The summed E-state index contributed by atoms with van der Waals surface area (Å²) in [5, 5.41) is 16.8. The molecular weight excluding hydrogens is 707 g/mol. The Morgan fingerprint density at radius 2 is 1.03 bits per heavy atom. The number of hydrogen-bond acceptors (Lipinski definition) is 4. The van der Waals surface area contributed by atoms with E-state index >= 15 is 0 Å². The van der Waals surface area contributed by atoms with Crippen molar-refractivity contribution in [2.45, 2.75) is 20.3 Å². The number of para-hydroxylation sites is 1. The van der Waals surface area contributed by atoms with Gasteiger partial charge in [-0.25, -0.2) is 0 Å². The second-order valence-corrected chi connectivity index (χ2v) is 15.2. The monoisotopic (exact) mass is 743 g/mol. The van der Waals surface area contributed by atoms with E-state index in [0.717, 1.165) is 89.8 Å². The maximum Gasteiger partial charge on any atom is 0.136 e. The Morgan fingerprint density at radius 1 is 0.431 bits per heavy atom. The van der Waals surface area contributed by atoms with Gasteiger partial charge in [-0.1, -0.05) is 164 Å². The van der Waals surface area contributed by atoms with E-state index in [1.54, 1.807) is 0 Å². The van der Waals surface area contributed by atoms with Gasteiger partial charge in [0.15, 0.2) is 0 Å². The van der Waals surface area contributed by atoms with E-state index in [1.807, 2.05) is 12.1 Å². The Morgan fingerprint density at radius 3 is 1.79 bits per heavy atom. The first-order valence-corrected chi connectivity index (χ1v) is 19.8. The van der Waals surface area contributed by atoms with Gasteiger partial charge in [0, 0.05) is 38.6 Å². The molecule has 0 N–H and O–H groups in total. The number of nitrogens with zero attached hydrogens (tertiary/aromatic N) is 3. The van der Waals surface area contributed by atoms with Gasteiger partial charge in [0.1, 0.15) is 22.6 Å². The predicted octanol–water partition coefficient (Wildman–Crippen LogP) is 14.0. The third-order valence-electron chi connectivity index (χ3n) is 12.0. The van der Waals surface area contributed by atoms with Crippen molar-refractivity contribution >= 4 is 21.9 Å². The van der Waals surface area contributed by atoms with Crippen molar-refractivity contribution < 1.29 is 4.42 Å². The molecule has 11 rings (SSSR count). The molecule has 8 aromatic carbocycles. The van der Waals surface area contributed by atoms with E-state index in [0.29, 0.717) is 0 Å². The summed E-state index contributed by atoms with van der Waals surface area (Å²) in [5.41, 5.74) is 21.6. The molecule has 0 spiro atoms. The zero-order valence-corrected chi connectivity index (χ0v) is 32.2. The second-order valence-electron chi connectivity index (χ2n) is 15.2. The van der Waals surface area contributed by atoms with Gasteiger partial charge in [0.25, 0.3) is 0 Å². The number of aryl methyl sites for hydroxylation is 1. The fraction of sp³-hybridized carbons (Fsp3) is 0.0556. The van der Waals surface area contributed by atoms with Crippen molar-refractivity contribution in [2.75, 3.05) is 0 Å². The van der Waals surface area contributed by atoms with Crippen molar-refractivity contribution in [1.29, 1.82) is 0 Å². The third-order valence-corrected chi connectivity index (χ3v) is 12.0. The number of rotatable bonds is 6. The first-order chi connectivity index (χ1) is 28.6. The van der Waals surface area contributed by atoms with Crippen LogP contribution in [0.15, 0.2) is 180 Å². The molecule has 0 fully saturated rings. The lowest BCUT2D eigenvalue weighted by Gasteiger charge is -2.23. The highest BCUT2D eigenvalue weighted by Gasteiger charge is 2.31. The van der Waals surface area contributed by atoms with Gasteiger partial charge in [-0.2, -0.15) is 0 Å². The van der Waals surface area contributed by atoms with Gasteiger partial charge in [0.2, 0.25) is 0 Å². The Balaban J connectivity index is 1.32. The van der Waals surface area contributed by atoms with Crippen LogP contribution in [0.4, 0.5) is 0 Å². The average Bonchev–Trinajstić information content (AvgIpc) is 3.85. The summed E-state index contributed by atoms with van der Waals surface area (Å²) in [5.74, 6) is 0. The van der Waals surface area contributed by atoms with Crippen LogP contribution in [-0.4, -0.2) is 15.4 Å². The maximum absolute atomic E-state index is 6.64. The van der Waals surface area contributed by atoms with E-state index in [2.05, 4.69) is 183 Å². The normalized spacial score (nSPS) is 11.9. The largest absolute Gasteiger partial charge is 0.456 e. The van der Waals surface area contributed by atoms with Crippen LogP contribution in [0, 0.1) is 13.8 Å². The molecule has 0 saturated heterocycles. The number of aromatic nitrogens is 3. The minimum atomic E-state index is 0.789. The Hall–Kier alpha value is -7.43. The van der Waals surface area contributed by atoms with Crippen LogP contribution in [-0.2, 0) is 6.42 Å². The highest BCUT2D eigenvalue weighted by molar-refractivity contribution is 6.19. The minimum Gasteiger partial charge on any atom is -0.456 e. The first-order valence-electron chi connectivity index (χ1n) is 19.8. The molecule has 58 heavy (non-hydrogen) atoms. The van der Waals surface area contributed by atoms with Crippen LogP contribution in [0.3, 0.4) is 0 Å². The zero-order chi connectivity index (χ0) is 38.7. The topological polar surface area (TPSA) is 51.8 Å². The summed E-state index contributed by atoms with van der Waals surface area (Å²) in [6.07, 6.45) is 0.827. The molecule has 1 aliphatic carbocycles. The van der Waals surface area contributed by atoms with Crippen molar-refractivity contribution in [3.63, 3.8) is 0 Å². The maximum atomic E-state index is 6.64. The summed E-state index contributed by atoms with van der Waals surface area (Å²) in [7, 11) is 0. The van der Waals surface area contributed by atoms with Crippen LogP contribution >= 0.6 is 0 Å². The van der Waals surface area contributed by atoms with E-state index in [1.165, 1.54) is 38.9 Å². The number of hydrogen-bond donors (Lipinski definition) is 0. The van der Waals surface area contributed by atoms with Crippen LogP contribution in [0.25, 0.3) is 100 Å². The van der Waals surface area contributed by atoms with Crippen LogP contribution in [0.1, 0.15) is 22.3 Å². The van der Waals surface area contributed by atoms with Gasteiger partial charge >= 0.3 is 0 Å². The average molecular weight is 744 g/mol. The molecule has 0 radical (unpaired) electrons. The Bertz CT molecular complexity index is 3200. The SMILES string of the molecule is Cc1cc2c(c(-c3c(-c4ccccc4)nnnc3-c3cccc(-c4ccccc4)c3-c3c(-c4ccccc4)ccc4oc5ccccc5c34)c1C)Cc1ccccc1-2. The van der Waals surface area contributed by atoms with E-state index in [-0.39, 0.29) is 0 Å². The lowest BCUT2D eigenvalue weighted by molar-refractivity contribution is 0.669. The highest BCUT2D eigenvalue weighted by atomic mass is 16.3. The Labute approximate surface area is 337 Å². The molecule has 0 bridgehead atoms. The quantitative estimate of drug-likeness (QED) is 0.170. The molecule has 0 amide bonds. The fourth-order valence-electron chi connectivity index (χ4n) is 9.22.